The van der Waals surface area contributed by atoms with Crippen LogP contribution in [0.2, 0.25) is 0 Å². The molecule has 6 heteroatoms. The van der Waals surface area contributed by atoms with Gasteiger partial charge in [-0.15, -0.1) is 5.10 Å². The van der Waals surface area contributed by atoms with E-state index in [-0.39, 0.29) is 6.67 Å². The molecule has 0 spiro atoms. The van der Waals surface area contributed by atoms with Crippen molar-refractivity contribution >= 4 is 28.4 Å². The van der Waals surface area contributed by atoms with E-state index < -0.39 is 11.7 Å². The van der Waals surface area contributed by atoms with Gasteiger partial charge in [0.05, 0.1) is 16.8 Å². The zero-order valence-electron chi connectivity index (χ0n) is 10.9. The van der Waals surface area contributed by atoms with E-state index >= 15 is 0 Å². The Kier molecular flexibility index (Phi) is 2.38. The summed E-state index contributed by atoms with van der Waals surface area (Å²) in [6, 6.07) is 14.5. The van der Waals surface area contributed by atoms with Gasteiger partial charge in [0.2, 0.25) is 0 Å². The average molecular weight is 278 g/mol. The van der Waals surface area contributed by atoms with Crippen molar-refractivity contribution in [3.63, 3.8) is 0 Å². The van der Waals surface area contributed by atoms with Crippen LogP contribution in [0.4, 0.5) is 5.69 Å². The van der Waals surface area contributed by atoms with Crippen LogP contribution in [0.1, 0.15) is 10.4 Å². The van der Waals surface area contributed by atoms with E-state index in [1.165, 1.54) is 4.90 Å². The Hall–Kier alpha value is -3.02. The van der Waals surface area contributed by atoms with Gasteiger partial charge in [0.1, 0.15) is 12.2 Å². The largest absolute Gasteiger partial charge is 0.301 e. The number of para-hydroxylation sites is 2. The lowest BCUT2D eigenvalue weighted by molar-refractivity contribution is -0.114. The molecule has 0 bridgehead atoms. The smallest absolute Gasteiger partial charge is 0.285 e. The fourth-order valence-electron chi connectivity index (χ4n) is 2.54. The molecule has 4 rings (SSSR count). The second kappa shape index (κ2) is 4.24. The van der Waals surface area contributed by atoms with Crippen LogP contribution in [-0.4, -0.2) is 26.7 Å². The van der Waals surface area contributed by atoms with E-state index in [1.807, 2.05) is 24.3 Å². The van der Waals surface area contributed by atoms with E-state index in [9.17, 15) is 9.59 Å². The van der Waals surface area contributed by atoms with Crippen molar-refractivity contribution in [1.82, 2.24) is 15.0 Å². The Bertz CT molecular complexity index is 884. The molecule has 0 radical (unpaired) electrons. The molecule has 1 aliphatic heterocycles. The number of amides is 1. The third-order valence-electron chi connectivity index (χ3n) is 3.57. The normalized spacial score (nSPS) is 14.0. The predicted molar refractivity (Wildman–Crippen MR) is 75.8 cm³/mol. The summed E-state index contributed by atoms with van der Waals surface area (Å²) in [5, 5.41) is 8.10. The zero-order chi connectivity index (χ0) is 14.4. The molecule has 0 unspecified atom stereocenters. The topological polar surface area (TPSA) is 68.1 Å². The van der Waals surface area contributed by atoms with Crippen LogP contribution >= 0.6 is 0 Å². The first kappa shape index (κ1) is 11.8. The van der Waals surface area contributed by atoms with Crippen molar-refractivity contribution in [2.24, 2.45) is 0 Å². The molecule has 2 heterocycles. The first-order valence-corrected chi connectivity index (χ1v) is 6.49. The summed E-state index contributed by atoms with van der Waals surface area (Å²) in [4.78, 5) is 25.5. The SMILES string of the molecule is O=C1C(=O)N(Cn2nnc3ccccc32)c2ccccc21. The van der Waals surface area contributed by atoms with Gasteiger partial charge in [-0.3, -0.25) is 14.5 Å². The van der Waals surface area contributed by atoms with Gasteiger partial charge < -0.3 is 0 Å². The van der Waals surface area contributed by atoms with E-state index in [0.29, 0.717) is 11.3 Å². The van der Waals surface area contributed by atoms with Crippen molar-refractivity contribution in [3.05, 3.63) is 54.1 Å². The monoisotopic (exact) mass is 278 g/mol. The first-order chi connectivity index (χ1) is 10.3. The first-order valence-electron chi connectivity index (χ1n) is 6.49. The number of Topliss-reactive ketones (excluding diaryl/α,β-unsaturated/α-hetero) is 1. The number of aromatic nitrogens is 3. The predicted octanol–water partition coefficient (Wildman–Crippen LogP) is 1.62. The lowest BCUT2D eigenvalue weighted by Gasteiger charge is -2.16. The van der Waals surface area contributed by atoms with Crippen LogP contribution in [-0.2, 0) is 11.5 Å². The summed E-state index contributed by atoms with van der Waals surface area (Å²) in [7, 11) is 0. The summed E-state index contributed by atoms with van der Waals surface area (Å²) in [5.41, 5.74) is 2.63. The minimum absolute atomic E-state index is 0.169. The molecular formula is C15H10N4O2. The van der Waals surface area contributed by atoms with Crippen molar-refractivity contribution in [2.45, 2.75) is 6.67 Å². The molecule has 3 aromatic rings. The van der Waals surface area contributed by atoms with Crippen LogP contribution in [0.5, 0.6) is 0 Å². The van der Waals surface area contributed by atoms with Gasteiger partial charge in [0, 0.05) is 0 Å². The lowest BCUT2D eigenvalue weighted by atomic mass is 10.1. The highest BCUT2D eigenvalue weighted by Gasteiger charge is 2.35. The van der Waals surface area contributed by atoms with E-state index in [4.69, 9.17) is 0 Å². The average Bonchev–Trinajstić information content (AvgIpc) is 3.04. The molecule has 0 N–H and O–H groups in total. The maximum atomic E-state index is 12.1. The Morgan fingerprint density at radius 1 is 0.952 bits per heavy atom. The fraction of sp³-hybridized carbons (Fsp3) is 0.0667. The summed E-state index contributed by atoms with van der Waals surface area (Å²) < 4.78 is 1.61. The second-order valence-electron chi connectivity index (χ2n) is 4.80. The van der Waals surface area contributed by atoms with E-state index in [0.717, 1.165) is 11.0 Å². The number of fused-ring (bicyclic) bond motifs is 2. The quantitative estimate of drug-likeness (QED) is 0.668. The molecular weight excluding hydrogens is 268 g/mol. The van der Waals surface area contributed by atoms with E-state index in [2.05, 4.69) is 10.3 Å². The highest BCUT2D eigenvalue weighted by Crippen LogP contribution is 2.29. The van der Waals surface area contributed by atoms with Gasteiger partial charge in [-0.05, 0) is 24.3 Å². The Morgan fingerprint density at radius 2 is 1.71 bits per heavy atom. The molecule has 1 amide bonds. The Morgan fingerprint density at radius 3 is 2.62 bits per heavy atom. The fourth-order valence-corrected chi connectivity index (χ4v) is 2.54. The number of benzene rings is 2. The minimum atomic E-state index is -0.532. The maximum Gasteiger partial charge on any atom is 0.301 e. The zero-order valence-corrected chi connectivity index (χ0v) is 10.9. The van der Waals surface area contributed by atoms with Crippen LogP contribution in [0, 0.1) is 0 Å². The Balaban J connectivity index is 1.78. The molecule has 0 saturated carbocycles. The molecule has 1 aliphatic rings. The van der Waals surface area contributed by atoms with Crippen LogP contribution < -0.4 is 4.90 Å². The highest BCUT2D eigenvalue weighted by atomic mass is 16.2. The van der Waals surface area contributed by atoms with Crippen LogP contribution in [0.3, 0.4) is 0 Å². The molecule has 6 nitrogen and oxygen atoms in total. The highest BCUT2D eigenvalue weighted by molar-refractivity contribution is 6.52. The second-order valence-corrected chi connectivity index (χ2v) is 4.80. The third kappa shape index (κ3) is 1.66. The van der Waals surface area contributed by atoms with E-state index in [1.54, 1.807) is 28.9 Å². The van der Waals surface area contributed by atoms with Crippen molar-refractivity contribution in [1.29, 1.82) is 0 Å². The molecule has 0 saturated heterocycles. The summed E-state index contributed by atoms with van der Waals surface area (Å²) in [5.74, 6) is -1.01. The van der Waals surface area contributed by atoms with Crippen molar-refractivity contribution in [2.75, 3.05) is 4.90 Å². The number of hydrogen-bond donors (Lipinski definition) is 0. The number of carbonyl (C=O) groups excluding carboxylic acids is 2. The number of rotatable bonds is 2. The summed E-state index contributed by atoms with van der Waals surface area (Å²) in [6.45, 7) is 0.169. The van der Waals surface area contributed by atoms with Gasteiger partial charge >= 0.3 is 5.91 Å². The number of ketones is 1. The van der Waals surface area contributed by atoms with Crippen LogP contribution in [0.15, 0.2) is 48.5 Å². The lowest BCUT2D eigenvalue weighted by Crippen LogP contribution is -2.32. The van der Waals surface area contributed by atoms with Crippen molar-refractivity contribution < 1.29 is 9.59 Å². The van der Waals surface area contributed by atoms with Gasteiger partial charge in [0.25, 0.3) is 5.78 Å². The minimum Gasteiger partial charge on any atom is -0.285 e. The molecule has 2 aromatic carbocycles. The third-order valence-corrected chi connectivity index (χ3v) is 3.57. The van der Waals surface area contributed by atoms with Crippen molar-refractivity contribution in [3.8, 4) is 0 Å². The molecule has 1 aromatic heterocycles. The molecule has 0 fully saturated rings. The van der Waals surface area contributed by atoms with Gasteiger partial charge in [-0.1, -0.05) is 29.5 Å². The standard InChI is InChI=1S/C15H10N4O2/c20-14-10-5-1-3-7-12(10)18(15(14)21)9-19-13-8-4-2-6-11(13)16-17-19/h1-8H,9H2. The molecule has 102 valence electrons. The number of hydrogen-bond acceptors (Lipinski definition) is 4. The van der Waals surface area contributed by atoms with Crippen LogP contribution in [0.25, 0.3) is 11.0 Å². The summed E-state index contributed by atoms with van der Waals surface area (Å²) >= 11 is 0. The van der Waals surface area contributed by atoms with Gasteiger partial charge in [-0.2, -0.15) is 0 Å². The Labute approximate surface area is 119 Å². The van der Waals surface area contributed by atoms with Gasteiger partial charge in [0.15, 0.2) is 0 Å². The molecule has 21 heavy (non-hydrogen) atoms. The summed E-state index contributed by atoms with van der Waals surface area (Å²) in [6.07, 6.45) is 0. The molecule has 0 aliphatic carbocycles. The molecule has 0 atom stereocenters. The number of anilines is 1. The number of nitrogens with zero attached hydrogens (tertiary/aromatic N) is 4. The number of carbonyl (C=O) groups is 2. The maximum absolute atomic E-state index is 12.1. The van der Waals surface area contributed by atoms with Gasteiger partial charge in [-0.25, -0.2) is 4.68 Å².